The standard InChI is InChI=1S/C21H20N4O5/c1-30-17-8-7-13(9-16(17)26)14-10-15(24-23-14)18-19(27)22-21(29)25(20(18)28)11-12-5-3-2-4-6-12/h2-9,14,23,26,28H,10-11H2,1H3,(H,22,27,29)/t14-/m1/s1. The zero-order valence-corrected chi connectivity index (χ0v) is 16.1. The van der Waals surface area contributed by atoms with E-state index in [4.69, 9.17) is 4.74 Å². The smallest absolute Gasteiger partial charge is 0.331 e. The highest BCUT2D eigenvalue weighted by Gasteiger charge is 2.27. The lowest BCUT2D eigenvalue weighted by Gasteiger charge is -2.13. The molecule has 0 radical (unpaired) electrons. The largest absolute Gasteiger partial charge is 0.504 e. The number of phenols is 1. The van der Waals surface area contributed by atoms with Crippen molar-refractivity contribution >= 4 is 5.71 Å². The van der Waals surface area contributed by atoms with Crippen LogP contribution in [-0.2, 0) is 6.54 Å². The third kappa shape index (κ3) is 3.52. The van der Waals surface area contributed by atoms with Crippen molar-refractivity contribution in [2.45, 2.75) is 19.0 Å². The van der Waals surface area contributed by atoms with Gasteiger partial charge in [0.2, 0.25) is 5.88 Å². The van der Waals surface area contributed by atoms with Crippen LogP contribution in [0, 0.1) is 0 Å². The molecule has 0 spiro atoms. The second-order valence-corrected chi connectivity index (χ2v) is 6.91. The van der Waals surface area contributed by atoms with Gasteiger partial charge in [0.05, 0.1) is 25.4 Å². The lowest BCUT2D eigenvalue weighted by atomic mass is 9.99. The van der Waals surface area contributed by atoms with E-state index in [9.17, 15) is 19.8 Å². The summed E-state index contributed by atoms with van der Waals surface area (Å²) in [4.78, 5) is 27.0. The van der Waals surface area contributed by atoms with Crippen LogP contribution < -0.4 is 21.4 Å². The Morgan fingerprint density at radius 3 is 2.63 bits per heavy atom. The number of aromatic amines is 1. The van der Waals surface area contributed by atoms with E-state index in [1.165, 1.54) is 7.11 Å². The first-order valence-electron chi connectivity index (χ1n) is 9.27. The monoisotopic (exact) mass is 408 g/mol. The summed E-state index contributed by atoms with van der Waals surface area (Å²) in [5.41, 5.74) is 3.29. The Morgan fingerprint density at radius 2 is 1.93 bits per heavy atom. The summed E-state index contributed by atoms with van der Waals surface area (Å²) < 4.78 is 6.15. The fraction of sp³-hybridized carbons (Fsp3) is 0.190. The van der Waals surface area contributed by atoms with Gasteiger partial charge in [-0.2, -0.15) is 5.10 Å². The number of hydrogen-bond acceptors (Lipinski definition) is 7. The predicted octanol–water partition coefficient (Wildman–Crippen LogP) is 1.44. The van der Waals surface area contributed by atoms with Gasteiger partial charge in [0, 0.05) is 6.42 Å². The molecular weight excluding hydrogens is 388 g/mol. The molecule has 4 N–H and O–H groups in total. The number of methoxy groups -OCH3 is 1. The first-order chi connectivity index (χ1) is 14.5. The predicted molar refractivity (Wildman–Crippen MR) is 110 cm³/mol. The number of hydrazone groups is 1. The van der Waals surface area contributed by atoms with Gasteiger partial charge in [-0.3, -0.25) is 14.3 Å². The van der Waals surface area contributed by atoms with Crippen molar-refractivity contribution in [1.82, 2.24) is 15.0 Å². The quantitative estimate of drug-likeness (QED) is 0.506. The van der Waals surface area contributed by atoms with E-state index in [1.54, 1.807) is 18.2 Å². The minimum atomic E-state index is -0.708. The molecule has 0 saturated heterocycles. The SMILES string of the molecule is COc1ccc([C@H]2CC(c3c(O)n(Cc4ccccc4)c(=O)[nH]c3=O)=NN2)cc1O. The molecule has 30 heavy (non-hydrogen) atoms. The van der Waals surface area contributed by atoms with Crippen LogP contribution in [0.15, 0.2) is 63.2 Å². The number of aromatic nitrogens is 2. The highest BCUT2D eigenvalue weighted by molar-refractivity contribution is 6.03. The van der Waals surface area contributed by atoms with E-state index in [-0.39, 0.29) is 30.3 Å². The van der Waals surface area contributed by atoms with Crippen LogP contribution >= 0.6 is 0 Å². The third-order valence-electron chi connectivity index (χ3n) is 5.00. The summed E-state index contributed by atoms with van der Waals surface area (Å²) in [7, 11) is 1.46. The maximum Gasteiger partial charge on any atom is 0.331 e. The summed E-state index contributed by atoms with van der Waals surface area (Å²) in [6.07, 6.45) is 0.284. The second-order valence-electron chi connectivity index (χ2n) is 6.91. The Hall–Kier alpha value is -4.01. The van der Waals surface area contributed by atoms with Crippen LogP contribution in [0.5, 0.6) is 17.4 Å². The lowest BCUT2D eigenvalue weighted by molar-refractivity contribution is 0.372. The van der Waals surface area contributed by atoms with E-state index in [1.807, 2.05) is 30.3 Å². The summed E-state index contributed by atoms with van der Waals surface area (Å²) in [6, 6.07) is 13.8. The highest BCUT2D eigenvalue weighted by atomic mass is 16.5. The number of aromatic hydroxyl groups is 2. The molecule has 9 nitrogen and oxygen atoms in total. The molecule has 3 aromatic rings. The molecule has 4 rings (SSSR count). The van der Waals surface area contributed by atoms with Crippen molar-refractivity contribution in [3.63, 3.8) is 0 Å². The summed E-state index contributed by atoms with van der Waals surface area (Å²) in [6.45, 7) is 0.103. The van der Waals surface area contributed by atoms with E-state index in [2.05, 4.69) is 15.5 Å². The first kappa shape index (κ1) is 19.3. The van der Waals surface area contributed by atoms with Crippen LogP contribution in [0.2, 0.25) is 0 Å². The number of benzene rings is 2. The van der Waals surface area contributed by atoms with Crippen molar-refractivity contribution in [2.24, 2.45) is 5.10 Å². The summed E-state index contributed by atoms with van der Waals surface area (Å²) in [5, 5.41) is 24.9. The highest BCUT2D eigenvalue weighted by Crippen LogP contribution is 2.32. The Balaban J connectivity index is 1.65. The Kier molecular flexibility index (Phi) is 5.01. The Bertz CT molecular complexity index is 1230. The number of rotatable bonds is 5. The minimum Gasteiger partial charge on any atom is -0.504 e. The molecule has 2 heterocycles. The van der Waals surface area contributed by atoms with Crippen molar-refractivity contribution in [1.29, 1.82) is 0 Å². The van der Waals surface area contributed by atoms with Crippen LogP contribution in [0.3, 0.4) is 0 Å². The second kappa shape index (κ2) is 7.78. The molecule has 0 saturated carbocycles. The zero-order valence-electron chi connectivity index (χ0n) is 16.1. The maximum absolute atomic E-state index is 12.4. The lowest BCUT2D eigenvalue weighted by Crippen LogP contribution is -2.34. The van der Waals surface area contributed by atoms with Gasteiger partial charge in [0.25, 0.3) is 5.56 Å². The van der Waals surface area contributed by atoms with E-state index in [0.29, 0.717) is 11.5 Å². The van der Waals surface area contributed by atoms with Crippen molar-refractivity contribution in [3.05, 3.63) is 86.1 Å². The molecule has 2 aromatic carbocycles. The van der Waals surface area contributed by atoms with Crippen LogP contribution in [0.25, 0.3) is 0 Å². The molecule has 1 aromatic heterocycles. The molecular formula is C21H20N4O5. The molecule has 0 amide bonds. The van der Waals surface area contributed by atoms with Crippen molar-refractivity contribution in [3.8, 4) is 17.4 Å². The first-order valence-corrected chi connectivity index (χ1v) is 9.27. The van der Waals surface area contributed by atoms with E-state index < -0.39 is 17.1 Å². The number of phenolic OH excluding ortho intramolecular Hbond substituents is 1. The van der Waals surface area contributed by atoms with Gasteiger partial charge in [0.1, 0.15) is 5.56 Å². The molecule has 0 aliphatic carbocycles. The average Bonchev–Trinajstić information content (AvgIpc) is 3.21. The Labute approximate surface area is 170 Å². The van der Waals surface area contributed by atoms with Crippen molar-refractivity contribution < 1.29 is 14.9 Å². The number of hydrogen-bond donors (Lipinski definition) is 4. The van der Waals surface area contributed by atoms with Crippen LogP contribution in [-0.4, -0.2) is 32.6 Å². The minimum absolute atomic E-state index is 0.0117. The van der Waals surface area contributed by atoms with Crippen LogP contribution in [0.1, 0.15) is 29.2 Å². The van der Waals surface area contributed by atoms with Gasteiger partial charge < -0.3 is 20.4 Å². The molecule has 1 aliphatic rings. The van der Waals surface area contributed by atoms with Gasteiger partial charge in [0.15, 0.2) is 11.5 Å². The normalized spacial score (nSPS) is 15.5. The Morgan fingerprint density at radius 1 is 1.17 bits per heavy atom. The molecule has 0 unspecified atom stereocenters. The van der Waals surface area contributed by atoms with Gasteiger partial charge in [-0.1, -0.05) is 36.4 Å². The molecule has 154 valence electrons. The van der Waals surface area contributed by atoms with E-state index >= 15 is 0 Å². The van der Waals surface area contributed by atoms with Gasteiger partial charge in [-0.25, -0.2) is 4.79 Å². The van der Waals surface area contributed by atoms with Gasteiger partial charge in [-0.15, -0.1) is 0 Å². The maximum atomic E-state index is 12.4. The summed E-state index contributed by atoms with van der Waals surface area (Å²) in [5.74, 6) is -0.103. The van der Waals surface area contributed by atoms with Crippen molar-refractivity contribution in [2.75, 3.05) is 7.11 Å². The molecule has 0 bridgehead atoms. The summed E-state index contributed by atoms with van der Waals surface area (Å²) >= 11 is 0. The third-order valence-corrected chi connectivity index (χ3v) is 5.00. The average molecular weight is 408 g/mol. The van der Waals surface area contributed by atoms with E-state index in [0.717, 1.165) is 15.7 Å². The van der Waals surface area contributed by atoms with Gasteiger partial charge >= 0.3 is 5.69 Å². The molecule has 1 aliphatic heterocycles. The molecule has 9 heteroatoms. The topological polar surface area (TPSA) is 129 Å². The number of nitrogens with one attached hydrogen (secondary N) is 2. The number of H-pyrrole nitrogens is 1. The van der Waals surface area contributed by atoms with Gasteiger partial charge in [-0.05, 0) is 23.3 Å². The zero-order chi connectivity index (χ0) is 21.3. The molecule has 0 fully saturated rings. The molecule has 1 atom stereocenters. The number of nitrogens with zero attached hydrogens (tertiary/aromatic N) is 2. The number of ether oxygens (including phenoxy) is 1. The fourth-order valence-corrected chi connectivity index (χ4v) is 3.45. The fourth-order valence-electron chi connectivity index (χ4n) is 3.45. The van der Waals surface area contributed by atoms with Crippen LogP contribution in [0.4, 0.5) is 0 Å².